The van der Waals surface area contributed by atoms with Crippen LogP contribution in [0.25, 0.3) is 10.9 Å². The predicted octanol–water partition coefficient (Wildman–Crippen LogP) is 5.43. The maximum Gasteiger partial charge on any atom is 0.247 e. The molecular weight excluding hydrogens is 486 g/mol. The summed E-state index contributed by atoms with van der Waals surface area (Å²) in [6, 6.07) is 25.7. The molecule has 0 spiro atoms. The maximum atomic E-state index is 13.9. The molecule has 1 N–H and O–H groups in total. The van der Waals surface area contributed by atoms with Crippen LogP contribution in [0.5, 0.6) is 0 Å². The number of carbonyl (C=O) groups is 2. The molecule has 2 amide bonds. The van der Waals surface area contributed by atoms with Crippen LogP contribution in [-0.4, -0.2) is 39.8 Å². The van der Waals surface area contributed by atoms with Crippen molar-refractivity contribution in [2.75, 3.05) is 18.6 Å². The summed E-state index contributed by atoms with van der Waals surface area (Å²) in [4.78, 5) is 30.3. The van der Waals surface area contributed by atoms with Crippen LogP contribution >= 0.6 is 23.5 Å². The molecule has 0 aliphatic carbocycles. The molecule has 4 aromatic rings. The number of rotatable bonds is 7. The van der Waals surface area contributed by atoms with Gasteiger partial charge in [0.2, 0.25) is 11.8 Å². The first kappa shape index (κ1) is 24.5. The summed E-state index contributed by atoms with van der Waals surface area (Å²) < 4.78 is 2.12. The van der Waals surface area contributed by atoms with Crippen molar-refractivity contribution in [3.8, 4) is 0 Å². The molecule has 184 valence electrons. The summed E-state index contributed by atoms with van der Waals surface area (Å²) in [5.41, 5.74) is 4.17. The zero-order chi connectivity index (χ0) is 25.1. The largest absolute Gasteiger partial charge is 0.350 e. The number of aromatic nitrogens is 1. The van der Waals surface area contributed by atoms with Crippen LogP contribution in [0.2, 0.25) is 0 Å². The highest BCUT2D eigenvalue weighted by Crippen LogP contribution is 2.41. The molecule has 0 saturated heterocycles. The lowest BCUT2D eigenvalue weighted by molar-refractivity contribution is -0.138. The topological polar surface area (TPSA) is 54.3 Å². The minimum atomic E-state index is -0.692. The van der Waals surface area contributed by atoms with Crippen LogP contribution in [-0.2, 0) is 29.6 Å². The van der Waals surface area contributed by atoms with E-state index in [0.717, 1.165) is 32.6 Å². The summed E-state index contributed by atoms with van der Waals surface area (Å²) in [7, 11) is 2.01. The van der Waals surface area contributed by atoms with Gasteiger partial charge in [-0.3, -0.25) is 9.59 Å². The second kappa shape index (κ2) is 10.8. The Bertz CT molecular complexity index is 1380. The number of fused-ring (bicyclic) bond motifs is 3. The molecule has 7 heteroatoms. The molecule has 1 aromatic heterocycles. The van der Waals surface area contributed by atoms with Crippen LogP contribution in [0.15, 0.2) is 88.8 Å². The molecule has 0 radical (unpaired) electrons. The molecule has 3 aromatic carbocycles. The van der Waals surface area contributed by atoms with Gasteiger partial charge in [0.25, 0.3) is 0 Å². The second-order valence-corrected chi connectivity index (χ2v) is 10.7. The minimum absolute atomic E-state index is 0.0131. The Balaban J connectivity index is 1.51. The van der Waals surface area contributed by atoms with Gasteiger partial charge in [0.1, 0.15) is 6.04 Å². The van der Waals surface area contributed by atoms with Gasteiger partial charge in [-0.2, -0.15) is 0 Å². The van der Waals surface area contributed by atoms with Crippen LogP contribution in [0.3, 0.4) is 0 Å². The van der Waals surface area contributed by atoms with Crippen molar-refractivity contribution in [1.82, 2.24) is 14.8 Å². The summed E-state index contributed by atoms with van der Waals surface area (Å²) >= 11 is 3.23. The summed E-state index contributed by atoms with van der Waals surface area (Å²) in [6.07, 6.45) is 2.75. The number of amides is 2. The Kier molecular flexibility index (Phi) is 7.39. The van der Waals surface area contributed by atoms with Gasteiger partial charge in [0.15, 0.2) is 0 Å². The average molecular weight is 516 g/mol. The first-order valence-corrected chi connectivity index (χ1v) is 14.2. The van der Waals surface area contributed by atoms with Crippen molar-refractivity contribution in [3.05, 3.63) is 95.6 Å². The molecule has 0 bridgehead atoms. The molecule has 1 aliphatic heterocycles. The van der Waals surface area contributed by atoms with Crippen molar-refractivity contribution in [1.29, 1.82) is 0 Å². The Morgan fingerprint density at radius 2 is 1.72 bits per heavy atom. The Morgan fingerprint density at radius 1 is 1.00 bits per heavy atom. The standard InChI is InChI=1S/C29H29N3O2S2/c1-31-24-11-7-6-10-23(24)26-27(28(34)30-18-21-8-4-3-5-9-21)32(25(33)19-36-29(26)31)17-16-20-12-14-22(35-2)15-13-20/h3-15,27H,16-19H2,1-2H3,(H,30,34)/t27-/m0/s1. The molecule has 0 unspecified atom stereocenters. The number of aryl methyl sites for hydroxylation is 1. The number of hydrogen-bond donors (Lipinski definition) is 1. The molecule has 0 fully saturated rings. The smallest absolute Gasteiger partial charge is 0.247 e. The molecule has 1 atom stereocenters. The molecule has 5 nitrogen and oxygen atoms in total. The number of carbonyl (C=O) groups excluding carboxylic acids is 2. The van der Waals surface area contributed by atoms with Crippen LogP contribution in [0, 0.1) is 0 Å². The van der Waals surface area contributed by atoms with E-state index >= 15 is 0 Å². The summed E-state index contributed by atoms with van der Waals surface area (Å²) in [5.74, 6) is 0.149. The molecule has 36 heavy (non-hydrogen) atoms. The first-order valence-electron chi connectivity index (χ1n) is 12.0. The van der Waals surface area contributed by atoms with Crippen LogP contribution < -0.4 is 5.32 Å². The second-order valence-electron chi connectivity index (χ2n) is 8.87. The van der Waals surface area contributed by atoms with Gasteiger partial charge in [-0.25, -0.2) is 0 Å². The number of nitrogens with zero attached hydrogens (tertiary/aromatic N) is 2. The van der Waals surface area contributed by atoms with E-state index in [1.54, 1.807) is 16.7 Å². The number of benzene rings is 3. The normalized spacial score (nSPS) is 15.6. The fourth-order valence-electron chi connectivity index (χ4n) is 4.80. The van der Waals surface area contributed by atoms with E-state index in [-0.39, 0.29) is 11.8 Å². The number of para-hydroxylation sites is 1. The lowest BCUT2D eigenvalue weighted by Crippen LogP contribution is -2.44. The maximum absolute atomic E-state index is 13.9. The molecule has 2 heterocycles. The van der Waals surface area contributed by atoms with E-state index in [4.69, 9.17) is 0 Å². The van der Waals surface area contributed by atoms with E-state index in [9.17, 15) is 9.59 Å². The Hall–Kier alpha value is -3.16. The van der Waals surface area contributed by atoms with Gasteiger partial charge in [-0.15, -0.1) is 11.8 Å². The van der Waals surface area contributed by atoms with Gasteiger partial charge in [-0.1, -0.05) is 72.4 Å². The monoisotopic (exact) mass is 515 g/mol. The van der Waals surface area contributed by atoms with Gasteiger partial charge in [0.05, 0.1) is 10.8 Å². The Morgan fingerprint density at radius 3 is 2.47 bits per heavy atom. The number of hydrogen-bond acceptors (Lipinski definition) is 4. The fourth-order valence-corrected chi connectivity index (χ4v) is 6.30. The number of nitrogens with one attached hydrogen (secondary N) is 1. The molecule has 0 saturated carbocycles. The lowest BCUT2D eigenvalue weighted by atomic mass is 10.0. The van der Waals surface area contributed by atoms with Crippen molar-refractivity contribution in [3.63, 3.8) is 0 Å². The average Bonchev–Trinajstić information content (AvgIpc) is 3.10. The van der Waals surface area contributed by atoms with Gasteiger partial charge in [0, 0.05) is 41.5 Å². The summed E-state index contributed by atoms with van der Waals surface area (Å²) in [5, 5.41) is 5.12. The van der Waals surface area contributed by atoms with E-state index < -0.39 is 6.04 Å². The quantitative estimate of drug-likeness (QED) is 0.333. The van der Waals surface area contributed by atoms with Gasteiger partial charge in [-0.05, 0) is 42.0 Å². The lowest BCUT2D eigenvalue weighted by Gasteiger charge is -2.30. The third-order valence-electron chi connectivity index (χ3n) is 6.69. The fraction of sp³-hybridized carbons (Fsp3) is 0.241. The number of thioether (sulfide) groups is 2. The van der Waals surface area contributed by atoms with E-state index in [1.165, 1.54) is 16.7 Å². The molecular formula is C29H29N3O2S2. The van der Waals surface area contributed by atoms with Crippen LogP contribution in [0.1, 0.15) is 22.7 Å². The van der Waals surface area contributed by atoms with E-state index in [1.807, 2.05) is 49.5 Å². The highest BCUT2D eigenvalue weighted by Gasteiger charge is 2.38. The van der Waals surface area contributed by atoms with Gasteiger partial charge < -0.3 is 14.8 Å². The van der Waals surface area contributed by atoms with Crippen molar-refractivity contribution >= 4 is 46.2 Å². The predicted molar refractivity (Wildman–Crippen MR) is 148 cm³/mol. The van der Waals surface area contributed by atoms with Crippen molar-refractivity contribution in [2.45, 2.75) is 28.9 Å². The zero-order valence-electron chi connectivity index (χ0n) is 20.4. The van der Waals surface area contributed by atoms with Crippen LogP contribution in [0.4, 0.5) is 0 Å². The minimum Gasteiger partial charge on any atom is -0.350 e. The SMILES string of the molecule is CSc1ccc(CCN2C(=O)CSc3c(c4ccccc4n3C)[C@H]2C(=O)NCc2ccccc2)cc1. The van der Waals surface area contributed by atoms with E-state index in [2.05, 4.69) is 52.5 Å². The zero-order valence-corrected chi connectivity index (χ0v) is 22.1. The highest BCUT2D eigenvalue weighted by molar-refractivity contribution is 8.00. The van der Waals surface area contributed by atoms with E-state index in [0.29, 0.717) is 25.3 Å². The first-order chi connectivity index (χ1) is 17.6. The third kappa shape index (κ3) is 4.90. The third-order valence-corrected chi connectivity index (χ3v) is 8.59. The molecule has 1 aliphatic rings. The molecule has 5 rings (SSSR count). The van der Waals surface area contributed by atoms with Crippen molar-refractivity contribution < 1.29 is 9.59 Å². The Labute approximate surface area is 220 Å². The van der Waals surface area contributed by atoms with Crippen molar-refractivity contribution in [2.24, 2.45) is 7.05 Å². The summed E-state index contributed by atoms with van der Waals surface area (Å²) in [6.45, 7) is 0.895. The van der Waals surface area contributed by atoms with Gasteiger partial charge >= 0.3 is 0 Å². The highest BCUT2D eigenvalue weighted by atomic mass is 32.2.